The average molecular weight is 195 g/mol. The Kier molecular flexibility index (Phi) is 2.25. The predicted octanol–water partition coefficient (Wildman–Crippen LogP) is 0.458. The Bertz CT molecular complexity index is 348. The molecule has 1 atom stereocenters. The van der Waals surface area contributed by atoms with Crippen molar-refractivity contribution in [3.63, 3.8) is 0 Å². The van der Waals surface area contributed by atoms with Crippen LogP contribution in [-0.4, -0.2) is 45.9 Å². The number of rotatable bonds is 2. The van der Waals surface area contributed by atoms with Gasteiger partial charge in [0.1, 0.15) is 5.69 Å². The fourth-order valence-electron chi connectivity index (χ4n) is 1.89. The molecule has 14 heavy (non-hydrogen) atoms. The van der Waals surface area contributed by atoms with Crippen molar-refractivity contribution in [1.29, 1.82) is 0 Å². The van der Waals surface area contributed by atoms with E-state index in [1.807, 2.05) is 7.05 Å². The largest absolute Gasteiger partial charge is 0.477 e. The van der Waals surface area contributed by atoms with Crippen LogP contribution in [0.1, 0.15) is 23.0 Å². The van der Waals surface area contributed by atoms with Gasteiger partial charge in [-0.25, -0.2) is 4.79 Å². The molecule has 0 radical (unpaired) electrons. The van der Waals surface area contributed by atoms with Crippen LogP contribution in [0.25, 0.3) is 0 Å². The molecule has 0 bridgehead atoms. The highest BCUT2D eigenvalue weighted by molar-refractivity contribution is 5.85. The molecule has 2 rings (SSSR count). The van der Waals surface area contributed by atoms with Crippen LogP contribution in [0, 0.1) is 0 Å². The van der Waals surface area contributed by atoms with E-state index in [2.05, 4.69) is 10.00 Å². The van der Waals surface area contributed by atoms with Gasteiger partial charge in [0.25, 0.3) is 0 Å². The van der Waals surface area contributed by atoms with Crippen molar-refractivity contribution in [3.05, 3.63) is 18.0 Å². The van der Waals surface area contributed by atoms with E-state index >= 15 is 0 Å². The molecule has 1 saturated heterocycles. The molecule has 1 N–H and O–H groups in total. The van der Waals surface area contributed by atoms with Crippen molar-refractivity contribution in [3.8, 4) is 0 Å². The van der Waals surface area contributed by atoms with Crippen molar-refractivity contribution in [2.24, 2.45) is 0 Å². The number of carboxylic acids is 1. The number of aromatic carboxylic acids is 1. The van der Waals surface area contributed by atoms with Crippen LogP contribution in [0.5, 0.6) is 0 Å². The minimum Gasteiger partial charge on any atom is -0.477 e. The molecule has 1 aromatic heterocycles. The third-order valence-electron chi connectivity index (χ3n) is 2.60. The zero-order valence-electron chi connectivity index (χ0n) is 8.05. The maximum Gasteiger partial charge on any atom is 0.354 e. The third kappa shape index (κ3) is 1.50. The van der Waals surface area contributed by atoms with Gasteiger partial charge in [-0.2, -0.15) is 5.10 Å². The second kappa shape index (κ2) is 3.42. The molecular weight excluding hydrogens is 182 g/mol. The van der Waals surface area contributed by atoms with Crippen molar-refractivity contribution in [1.82, 2.24) is 14.7 Å². The summed E-state index contributed by atoms with van der Waals surface area (Å²) in [6.07, 6.45) is 2.51. The second-order valence-corrected chi connectivity index (χ2v) is 3.67. The normalized spacial score (nSPS) is 22.8. The van der Waals surface area contributed by atoms with Crippen molar-refractivity contribution < 1.29 is 9.90 Å². The van der Waals surface area contributed by atoms with E-state index < -0.39 is 5.97 Å². The molecule has 0 aliphatic carbocycles. The topological polar surface area (TPSA) is 58.4 Å². The number of aromatic nitrogens is 2. The van der Waals surface area contributed by atoms with E-state index in [9.17, 15) is 4.79 Å². The van der Waals surface area contributed by atoms with Gasteiger partial charge in [0.15, 0.2) is 0 Å². The number of hydrogen-bond acceptors (Lipinski definition) is 3. The fourth-order valence-corrected chi connectivity index (χ4v) is 1.89. The summed E-state index contributed by atoms with van der Waals surface area (Å²) in [5, 5.41) is 13.0. The van der Waals surface area contributed by atoms with Crippen molar-refractivity contribution >= 4 is 5.97 Å². The summed E-state index contributed by atoms with van der Waals surface area (Å²) in [6, 6.07) is 1.75. The monoisotopic (exact) mass is 195 g/mol. The first-order valence-electron chi connectivity index (χ1n) is 4.64. The number of nitrogens with zero attached hydrogens (tertiary/aromatic N) is 3. The molecular formula is C9H13N3O2. The molecule has 5 heteroatoms. The van der Waals surface area contributed by atoms with Crippen molar-refractivity contribution in [2.45, 2.75) is 12.5 Å². The van der Waals surface area contributed by atoms with Gasteiger partial charge in [0.2, 0.25) is 0 Å². The zero-order chi connectivity index (χ0) is 10.1. The Hall–Kier alpha value is -1.36. The third-order valence-corrected chi connectivity index (χ3v) is 2.60. The highest BCUT2D eigenvalue weighted by Crippen LogP contribution is 2.20. The first-order valence-corrected chi connectivity index (χ1v) is 4.64. The van der Waals surface area contributed by atoms with Gasteiger partial charge in [-0.1, -0.05) is 0 Å². The highest BCUT2D eigenvalue weighted by Gasteiger charge is 2.24. The van der Waals surface area contributed by atoms with E-state index in [1.54, 1.807) is 16.9 Å². The maximum absolute atomic E-state index is 10.8. The van der Waals surface area contributed by atoms with Crippen LogP contribution in [0.4, 0.5) is 0 Å². The number of carboxylic acid groups (broad SMARTS) is 1. The van der Waals surface area contributed by atoms with Crippen LogP contribution in [0.3, 0.4) is 0 Å². The SMILES string of the molecule is CN1CCC(n2nccc2C(=O)O)C1. The van der Waals surface area contributed by atoms with Gasteiger partial charge in [0, 0.05) is 12.7 Å². The summed E-state index contributed by atoms with van der Waals surface area (Å²) in [6.45, 7) is 1.88. The quantitative estimate of drug-likeness (QED) is 0.744. The second-order valence-electron chi connectivity index (χ2n) is 3.67. The van der Waals surface area contributed by atoms with Crippen LogP contribution in [0.2, 0.25) is 0 Å². The Morgan fingerprint density at radius 1 is 1.71 bits per heavy atom. The molecule has 0 saturated carbocycles. The molecule has 1 fully saturated rings. The summed E-state index contributed by atoms with van der Waals surface area (Å²) in [5.41, 5.74) is 0.283. The molecule has 5 nitrogen and oxygen atoms in total. The first kappa shape index (κ1) is 9.21. The number of hydrogen-bond donors (Lipinski definition) is 1. The number of likely N-dealkylation sites (tertiary alicyclic amines) is 1. The zero-order valence-corrected chi connectivity index (χ0v) is 8.05. The summed E-state index contributed by atoms with van der Waals surface area (Å²) in [4.78, 5) is 13.0. The van der Waals surface area contributed by atoms with Gasteiger partial charge >= 0.3 is 5.97 Å². The molecule has 1 aliphatic heterocycles. The first-order chi connectivity index (χ1) is 6.68. The molecule has 2 heterocycles. The van der Waals surface area contributed by atoms with Gasteiger partial charge in [-0.3, -0.25) is 4.68 Å². The van der Waals surface area contributed by atoms with Gasteiger partial charge in [0.05, 0.1) is 6.04 Å². The summed E-state index contributed by atoms with van der Waals surface area (Å²) in [7, 11) is 2.03. The molecule has 1 unspecified atom stereocenters. The van der Waals surface area contributed by atoms with Gasteiger partial charge < -0.3 is 10.0 Å². The van der Waals surface area contributed by atoms with Crippen molar-refractivity contribution in [2.75, 3.05) is 20.1 Å². The lowest BCUT2D eigenvalue weighted by Crippen LogP contribution is -2.20. The molecule has 0 spiro atoms. The Morgan fingerprint density at radius 2 is 2.50 bits per heavy atom. The van der Waals surface area contributed by atoms with Crippen LogP contribution >= 0.6 is 0 Å². The lowest BCUT2D eigenvalue weighted by Gasteiger charge is -2.12. The molecule has 0 amide bonds. The van der Waals surface area contributed by atoms with E-state index in [4.69, 9.17) is 5.11 Å². The molecule has 1 aromatic rings. The Balaban J connectivity index is 2.23. The standard InChI is InChI=1S/C9H13N3O2/c1-11-5-3-7(6-11)12-8(9(13)14)2-4-10-12/h2,4,7H,3,5-6H2,1H3,(H,13,14). The number of carbonyl (C=O) groups is 1. The smallest absolute Gasteiger partial charge is 0.354 e. The van der Waals surface area contributed by atoms with E-state index in [1.165, 1.54) is 0 Å². The van der Waals surface area contributed by atoms with Crippen LogP contribution in [0.15, 0.2) is 12.3 Å². The Labute approximate surface area is 81.9 Å². The fraction of sp³-hybridized carbons (Fsp3) is 0.556. The van der Waals surface area contributed by atoms with E-state index in [0.717, 1.165) is 19.5 Å². The average Bonchev–Trinajstić information content (AvgIpc) is 2.70. The predicted molar refractivity (Wildman–Crippen MR) is 50.3 cm³/mol. The molecule has 76 valence electrons. The summed E-state index contributed by atoms with van der Waals surface area (Å²) < 4.78 is 1.62. The van der Waals surface area contributed by atoms with Crippen LogP contribution < -0.4 is 0 Å². The molecule has 0 aromatic carbocycles. The lowest BCUT2D eigenvalue weighted by atomic mass is 10.2. The summed E-state index contributed by atoms with van der Waals surface area (Å²) >= 11 is 0. The minimum absolute atomic E-state index is 0.209. The van der Waals surface area contributed by atoms with E-state index in [0.29, 0.717) is 0 Å². The van der Waals surface area contributed by atoms with Crippen LogP contribution in [-0.2, 0) is 0 Å². The molecule has 1 aliphatic rings. The maximum atomic E-state index is 10.8. The Morgan fingerprint density at radius 3 is 3.07 bits per heavy atom. The number of likely N-dealkylation sites (N-methyl/N-ethyl adjacent to an activating group) is 1. The highest BCUT2D eigenvalue weighted by atomic mass is 16.4. The van der Waals surface area contributed by atoms with Gasteiger partial charge in [-0.15, -0.1) is 0 Å². The lowest BCUT2D eigenvalue weighted by molar-refractivity contribution is 0.0680. The van der Waals surface area contributed by atoms with E-state index in [-0.39, 0.29) is 11.7 Å². The summed E-state index contributed by atoms with van der Waals surface area (Å²) in [5.74, 6) is -0.906. The van der Waals surface area contributed by atoms with Gasteiger partial charge in [-0.05, 0) is 26.1 Å². The minimum atomic E-state index is -0.906.